The molecule has 1 aromatic rings. The summed E-state index contributed by atoms with van der Waals surface area (Å²) < 4.78 is 0.275. The van der Waals surface area contributed by atoms with Crippen molar-refractivity contribution >= 4 is 28.8 Å². The van der Waals surface area contributed by atoms with Gasteiger partial charge in [0.1, 0.15) is 0 Å². The lowest BCUT2D eigenvalue weighted by Gasteiger charge is -2.32. The molecule has 0 saturated carbocycles. The molecule has 0 aliphatic rings. The molecule has 0 aromatic carbocycles. The minimum absolute atomic E-state index is 0.107. The minimum Gasteiger partial charge on any atom is -0.348 e. The van der Waals surface area contributed by atoms with E-state index in [1.54, 1.807) is 0 Å². The number of carbonyl (C=O) groups excluding carboxylic acids is 1. The van der Waals surface area contributed by atoms with Crippen molar-refractivity contribution in [3.8, 4) is 0 Å². The van der Waals surface area contributed by atoms with Crippen LogP contribution < -0.4 is 5.32 Å². The molecule has 90 valence electrons. The number of aromatic nitrogens is 2. The number of amides is 1. The molecule has 0 fully saturated rings. The van der Waals surface area contributed by atoms with Crippen LogP contribution in [0.2, 0.25) is 4.47 Å². The summed E-state index contributed by atoms with van der Waals surface area (Å²) in [6, 6.07) is 0. The zero-order valence-corrected chi connectivity index (χ0v) is 11.3. The normalized spacial score (nSPS) is 11.9. The predicted octanol–water partition coefficient (Wildman–Crippen LogP) is 1.26. The van der Waals surface area contributed by atoms with Crippen molar-refractivity contribution in [1.29, 1.82) is 0 Å². The molecule has 1 amide bonds. The summed E-state index contributed by atoms with van der Waals surface area (Å²) >= 11 is 6.67. The highest BCUT2D eigenvalue weighted by Gasteiger charge is 2.22. The van der Waals surface area contributed by atoms with Gasteiger partial charge in [0.25, 0.3) is 5.91 Å². The second-order valence-corrected chi connectivity index (χ2v) is 5.81. The van der Waals surface area contributed by atoms with Gasteiger partial charge in [0.15, 0.2) is 0 Å². The molecule has 1 aromatic heterocycles. The summed E-state index contributed by atoms with van der Waals surface area (Å²) in [7, 11) is 3.93. The number of nitrogens with zero attached hydrogens (tertiary/aromatic N) is 3. The van der Waals surface area contributed by atoms with Crippen molar-refractivity contribution in [2.24, 2.45) is 0 Å². The topological polar surface area (TPSA) is 58.1 Å². The maximum Gasteiger partial charge on any atom is 0.282 e. The van der Waals surface area contributed by atoms with Crippen LogP contribution in [0.15, 0.2) is 0 Å². The number of rotatable bonds is 4. The molecule has 0 aliphatic carbocycles. The molecule has 16 heavy (non-hydrogen) atoms. The van der Waals surface area contributed by atoms with Gasteiger partial charge in [0.05, 0.1) is 0 Å². The summed E-state index contributed by atoms with van der Waals surface area (Å²) in [6.07, 6.45) is 0. The van der Waals surface area contributed by atoms with Gasteiger partial charge >= 0.3 is 0 Å². The SMILES string of the molecule is CN(C)C(C)(C)CNC(=O)c1nnc(Cl)s1. The fourth-order valence-corrected chi connectivity index (χ4v) is 1.57. The van der Waals surface area contributed by atoms with E-state index in [-0.39, 0.29) is 15.9 Å². The van der Waals surface area contributed by atoms with Gasteiger partial charge in [0.2, 0.25) is 9.47 Å². The van der Waals surface area contributed by atoms with E-state index in [9.17, 15) is 4.79 Å². The lowest BCUT2D eigenvalue weighted by atomic mass is 10.0. The monoisotopic (exact) mass is 262 g/mol. The molecule has 0 radical (unpaired) electrons. The van der Waals surface area contributed by atoms with Crippen molar-refractivity contribution in [2.45, 2.75) is 19.4 Å². The average molecular weight is 263 g/mol. The highest BCUT2D eigenvalue weighted by atomic mass is 35.5. The Labute approximate surface area is 104 Å². The van der Waals surface area contributed by atoms with Crippen LogP contribution in [0.25, 0.3) is 0 Å². The van der Waals surface area contributed by atoms with Gasteiger partial charge in [-0.15, -0.1) is 10.2 Å². The van der Waals surface area contributed by atoms with Gasteiger partial charge < -0.3 is 10.2 Å². The Bertz CT molecular complexity index is 377. The molecule has 0 atom stereocenters. The Morgan fingerprint density at radius 3 is 2.56 bits per heavy atom. The van der Waals surface area contributed by atoms with E-state index in [2.05, 4.69) is 15.5 Å². The van der Waals surface area contributed by atoms with Crippen LogP contribution in [0.5, 0.6) is 0 Å². The molecule has 0 spiro atoms. The fraction of sp³-hybridized carbons (Fsp3) is 0.667. The van der Waals surface area contributed by atoms with Crippen molar-refractivity contribution in [3.63, 3.8) is 0 Å². The van der Waals surface area contributed by atoms with Crippen LogP contribution in [0.3, 0.4) is 0 Å². The lowest BCUT2D eigenvalue weighted by Crippen LogP contribution is -2.48. The third-order valence-electron chi connectivity index (χ3n) is 2.49. The van der Waals surface area contributed by atoms with Crippen molar-refractivity contribution in [2.75, 3.05) is 20.6 Å². The quantitative estimate of drug-likeness (QED) is 0.888. The highest BCUT2D eigenvalue weighted by Crippen LogP contribution is 2.15. The van der Waals surface area contributed by atoms with E-state index < -0.39 is 0 Å². The molecule has 7 heteroatoms. The molecule has 5 nitrogen and oxygen atoms in total. The Kier molecular flexibility index (Phi) is 4.23. The van der Waals surface area contributed by atoms with Gasteiger partial charge in [-0.2, -0.15) is 0 Å². The Morgan fingerprint density at radius 2 is 2.12 bits per heavy atom. The summed E-state index contributed by atoms with van der Waals surface area (Å²) in [6.45, 7) is 4.62. The first kappa shape index (κ1) is 13.3. The van der Waals surface area contributed by atoms with Crippen molar-refractivity contribution < 1.29 is 4.79 Å². The largest absolute Gasteiger partial charge is 0.348 e. The third-order valence-corrected chi connectivity index (χ3v) is 3.50. The highest BCUT2D eigenvalue weighted by molar-refractivity contribution is 7.17. The average Bonchev–Trinajstić information content (AvgIpc) is 2.61. The second-order valence-electron chi connectivity index (χ2n) is 4.25. The van der Waals surface area contributed by atoms with Crippen molar-refractivity contribution in [3.05, 3.63) is 9.47 Å². The van der Waals surface area contributed by atoms with E-state index >= 15 is 0 Å². The second kappa shape index (κ2) is 5.07. The third kappa shape index (κ3) is 3.40. The van der Waals surface area contributed by atoms with Gasteiger partial charge in [-0.25, -0.2) is 0 Å². The zero-order chi connectivity index (χ0) is 12.3. The van der Waals surface area contributed by atoms with Crippen LogP contribution in [0, 0.1) is 0 Å². The van der Waals surface area contributed by atoms with Crippen LogP contribution in [-0.2, 0) is 0 Å². The maximum atomic E-state index is 11.6. The van der Waals surface area contributed by atoms with Crippen LogP contribution in [-0.4, -0.2) is 47.2 Å². The van der Waals surface area contributed by atoms with E-state index in [0.717, 1.165) is 11.3 Å². The van der Waals surface area contributed by atoms with E-state index in [4.69, 9.17) is 11.6 Å². The van der Waals surface area contributed by atoms with Gasteiger partial charge in [-0.1, -0.05) is 11.3 Å². The molecule has 0 bridgehead atoms. The first-order valence-corrected chi connectivity index (χ1v) is 5.97. The summed E-state index contributed by atoms with van der Waals surface area (Å²) in [5.41, 5.74) is -0.107. The molecule has 1 N–H and O–H groups in total. The Balaban J connectivity index is 2.54. The molecule has 1 heterocycles. The van der Waals surface area contributed by atoms with E-state index in [1.165, 1.54) is 0 Å². The number of hydrogen-bond donors (Lipinski definition) is 1. The predicted molar refractivity (Wildman–Crippen MR) is 65.0 cm³/mol. The number of likely N-dealkylation sites (N-methyl/N-ethyl adjacent to an activating group) is 1. The molecular formula is C9H15ClN4OS. The smallest absolute Gasteiger partial charge is 0.282 e. The molecule has 0 unspecified atom stereocenters. The number of hydrogen-bond acceptors (Lipinski definition) is 5. The lowest BCUT2D eigenvalue weighted by molar-refractivity contribution is 0.0918. The summed E-state index contributed by atoms with van der Waals surface area (Å²) in [4.78, 5) is 13.7. The number of carbonyl (C=O) groups is 1. The van der Waals surface area contributed by atoms with Crippen molar-refractivity contribution in [1.82, 2.24) is 20.4 Å². The van der Waals surface area contributed by atoms with Gasteiger partial charge in [-0.3, -0.25) is 4.79 Å². The number of nitrogens with one attached hydrogen (secondary N) is 1. The Morgan fingerprint density at radius 1 is 1.50 bits per heavy atom. The van der Waals surface area contributed by atoms with E-state index in [1.807, 2.05) is 32.8 Å². The van der Waals surface area contributed by atoms with Crippen LogP contribution >= 0.6 is 22.9 Å². The van der Waals surface area contributed by atoms with Crippen LogP contribution in [0.4, 0.5) is 0 Å². The minimum atomic E-state index is -0.237. The van der Waals surface area contributed by atoms with Gasteiger partial charge in [0, 0.05) is 12.1 Å². The first-order valence-electron chi connectivity index (χ1n) is 4.77. The summed E-state index contributed by atoms with van der Waals surface area (Å²) in [5, 5.41) is 10.3. The number of halogens is 1. The molecular weight excluding hydrogens is 248 g/mol. The standard InChI is InChI=1S/C9H15ClN4OS/c1-9(2,14(3)4)5-11-6(15)7-12-13-8(10)16-7/h5H2,1-4H3,(H,11,15). The Hall–Kier alpha value is -0.720. The zero-order valence-electron chi connectivity index (χ0n) is 9.74. The molecule has 0 saturated heterocycles. The molecule has 0 aliphatic heterocycles. The van der Waals surface area contributed by atoms with Crippen LogP contribution in [0.1, 0.15) is 23.6 Å². The first-order chi connectivity index (χ1) is 7.33. The fourth-order valence-electron chi connectivity index (χ4n) is 0.827. The summed E-state index contributed by atoms with van der Waals surface area (Å²) in [5.74, 6) is -0.237. The van der Waals surface area contributed by atoms with E-state index in [0.29, 0.717) is 11.6 Å². The molecule has 1 rings (SSSR count). The van der Waals surface area contributed by atoms with Gasteiger partial charge in [-0.05, 0) is 39.5 Å². The maximum absolute atomic E-state index is 11.6.